The number of hydrogen-bond acceptors (Lipinski definition) is 4. The number of likely N-dealkylation sites (tertiary alicyclic amines) is 1. The molecule has 6 nitrogen and oxygen atoms in total. The van der Waals surface area contributed by atoms with Crippen molar-refractivity contribution in [2.45, 2.75) is 44.7 Å². The fraction of sp³-hybridized carbons (Fsp3) is 0.529. The highest BCUT2D eigenvalue weighted by molar-refractivity contribution is 5.94. The summed E-state index contributed by atoms with van der Waals surface area (Å²) in [6.07, 6.45) is 10.8. The van der Waals surface area contributed by atoms with Gasteiger partial charge >= 0.3 is 0 Å². The third-order valence-corrected chi connectivity index (χ3v) is 4.77. The molecular formula is C17H21N5O. The Morgan fingerprint density at radius 1 is 1.26 bits per heavy atom. The van der Waals surface area contributed by atoms with Crippen molar-refractivity contribution in [3.05, 3.63) is 42.2 Å². The van der Waals surface area contributed by atoms with Crippen LogP contribution in [0.4, 0.5) is 0 Å². The molecule has 120 valence electrons. The van der Waals surface area contributed by atoms with Crippen molar-refractivity contribution in [1.82, 2.24) is 24.6 Å². The predicted molar refractivity (Wildman–Crippen MR) is 84.6 cm³/mol. The maximum Gasteiger partial charge on any atom is 0.256 e. The van der Waals surface area contributed by atoms with Crippen LogP contribution in [0.25, 0.3) is 0 Å². The maximum absolute atomic E-state index is 12.9. The van der Waals surface area contributed by atoms with Crippen molar-refractivity contribution in [2.75, 3.05) is 6.54 Å². The van der Waals surface area contributed by atoms with E-state index < -0.39 is 0 Å². The van der Waals surface area contributed by atoms with E-state index in [2.05, 4.69) is 19.7 Å². The van der Waals surface area contributed by atoms with E-state index in [9.17, 15) is 4.79 Å². The fourth-order valence-corrected chi connectivity index (χ4v) is 3.34. The first kappa shape index (κ1) is 14.4. The van der Waals surface area contributed by atoms with Gasteiger partial charge in [0.15, 0.2) is 5.82 Å². The van der Waals surface area contributed by atoms with E-state index in [1.54, 1.807) is 12.4 Å². The smallest absolute Gasteiger partial charge is 0.256 e. The molecule has 2 aliphatic rings. The standard InChI is InChI=1S/C17H21N5O/c23-17(14-4-3-8-18-10-14)22-9-2-1-5-15(22)16-20-19-12-21(16)11-13-6-7-13/h3-4,8,10,12-13,15H,1-2,5-7,9,11H2. The minimum atomic E-state index is 0.0257. The van der Waals surface area contributed by atoms with Crippen LogP contribution in [-0.2, 0) is 6.54 Å². The highest BCUT2D eigenvalue weighted by Crippen LogP contribution is 2.34. The molecule has 1 atom stereocenters. The van der Waals surface area contributed by atoms with Crippen LogP contribution in [0, 0.1) is 5.92 Å². The highest BCUT2D eigenvalue weighted by atomic mass is 16.2. The van der Waals surface area contributed by atoms with Crippen molar-refractivity contribution >= 4 is 5.91 Å². The second-order valence-corrected chi connectivity index (χ2v) is 6.54. The van der Waals surface area contributed by atoms with Crippen LogP contribution in [-0.4, -0.2) is 37.1 Å². The van der Waals surface area contributed by atoms with Crippen LogP contribution in [0.15, 0.2) is 30.9 Å². The zero-order valence-corrected chi connectivity index (χ0v) is 13.1. The van der Waals surface area contributed by atoms with Crippen molar-refractivity contribution in [1.29, 1.82) is 0 Å². The first-order valence-electron chi connectivity index (χ1n) is 8.41. The van der Waals surface area contributed by atoms with Gasteiger partial charge < -0.3 is 9.47 Å². The van der Waals surface area contributed by atoms with E-state index in [0.29, 0.717) is 5.56 Å². The molecule has 2 aromatic rings. The van der Waals surface area contributed by atoms with Gasteiger partial charge in [0.25, 0.3) is 5.91 Å². The lowest BCUT2D eigenvalue weighted by Gasteiger charge is -2.35. The Morgan fingerprint density at radius 3 is 2.96 bits per heavy atom. The largest absolute Gasteiger partial charge is 0.328 e. The SMILES string of the molecule is O=C(c1cccnc1)N1CCCCC1c1nncn1CC1CC1. The molecule has 1 saturated heterocycles. The Morgan fingerprint density at radius 2 is 2.17 bits per heavy atom. The maximum atomic E-state index is 12.9. The molecule has 3 heterocycles. The second kappa shape index (κ2) is 6.10. The lowest BCUT2D eigenvalue weighted by atomic mass is 10.00. The van der Waals surface area contributed by atoms with Crippen LogP contribution in [0.1, 0.15) is 54.3 Å². The number of carbonyl (C=O) groups is 1. The second-order valence-electron chi connectivity index (χ2n) is 6.54. The average Bonchev–Trinajstić information content (AvgIpc) is 3.30. The lowest BCUT2D eigenvalue weighted by Crippen LogP contribution is -2.39. The molecule has 2 fully saturated rings. The summed E-state index contributed by atoms with van der Waals surface area (Å²) in [5.74, 6) is 1.74. The molecule has 1 aliphatic heterocycles. The van der Waals surface area contributed by atoms with Gasteiger partial charge in [-0.25, -0.2) is 0 Å². The molecule has 2 aromatic heterocycles. The van der Waals surface area contributed by atoms with Gasteiger partial charge in [0, 0.05) is 25.5 Å². The van der Waals surface area contributed by atoms with Gasteiger partial charge in [0.1, 0.15) is 6.33 Å². The number of pyridine rings is 1. The molecular weight excluding hydrogens is 290 g/mol. The molecule has 23 heavy (non-hydrogen) atoms. The molecule has 4 rings (SSSR count). The predicted octanol–water partition coefficient (Wildman–Crippen LogP) is 2.45. The minimum Gasteiger partial charge on any atom is -0.328 e. The number of carbonyl (C=O) groups excluding carboxylic acids is 1. The molecule has 0 aromatic carbocycles. The average molecular weight is 311 g/mol. The zero-order valence-electron chi connectivity index (χ0n) is 13.1. The summed E-state index contributed by atoms with van der Waals surface area (Å²) < 4.78 is 2.15. The van der Waals surface area contributed by atoms with Gasteiger partial charge in [-0.1, -0.05) is 0 Å². The monoisotopic (exact) mass is 311 g/mol. The lowest BCUT2D eigenvalue weighted by molar-refractivity contribution is 0.0593. The van der Waals surface area contributed by atoms with Crippen molar-refractivity contribution in [3.63, 3.8) is 0 Å². The van der Waals surface area contributed by atoms with Crippen LogP contribution >= 0.6 is 0 Å². The molecule has 1 saturated carbocycles. The Balaban J connectivity index is 1.60. The molecule has 0 spiro atoms. The third-order valence-electron chi connectivity index (χ3n) is 4.77. The van der Waals surface area contributed by atoms with Gasteiger partial charge in [0.05, 0.1) is 11.6 Å². The first-order chi connectivity index (χ1) is 11.3. The van der Waals surface area contributed by atoms with Crippen LogP contribution < -0.4 is 0 Å². The van der Waals surface area contributed by atoms with E-state index >= 15 is 0 Å². The van der Waals surface area contributed by atoms with Crippen molar-refractivity contribution in [3.8, 4) is 0 Å². The van der Waals surface area contributed by atoms with Gasteiger partial charge in [-0.05, 0) is 50.2 Å². The quantitative estimate of drug-likeness (QED) is 0.870. The number of nitrogens with zero attached hydrogens (tertiary/aromatic N) is 5. The van der Waals surface area contributed by atoms with Gasteiger partial charge in [-0.15, -0.1) is 10.2 Å². The van der Waals surface area contributed by atoms with Crippen LogP contribution in [0.2, 0.25) is 0 Å². The minimum absolute atomic E-state index is 0.0257. The zero-order chi connectivity index (χ0) is 15.6. The Hall–Kier alpha value is -2.24. The number of rotatable bonds is 4. The summed E-state index contributed by atoms with van der Waals surface area (Å²) >= 11 is 0. The van der Waals surface area contributed by atoms with Gasteiger partial charge in [0.2, 0.25) is 0 Å². The summed E-state index contributed by atoms with van der Waals surface area (Å²) in [4.78, 5) is 18.9. The van der Waals surface area contributed by atoms with E-state index in [1.807, 2.05) is 23.4 Å². The van der Waals surface area contributed by atoms with Gasteiger partial charge in [-0.2, -0.15) is 0 Å². The summed E-state index contributed by atoms with van der Waals surface area (Å²) in [6.45, 7) is 1.75. The van der Waals surface area contributed by atoms with E-state index in [0.717, 1.165) is 44.1 Å². The Kier molecular flexibility index (Phi) is 3.81. The molecule has 0 N–H and O–H groups in total. The van der Waals surface area contributed by atoms with Gasteiger partial charge in [-0.3, -0.25) is 9.78 Å². The van der Waals surface area contributed by atoms with E-state index in [4.69, 9.17) is 0 Å². The summed E-state index contributed by atoms with van der Waals surface area (Å²) in [5, 5.41) is 8.46. The third kappa shape index (κ3) is 2.98. The van der Waals surface area contributed by atoms with Crippen molar-refractivity contribution < 1.29 is 4.79 Å². The highest BCUT2D eigenvalue weighted by Gasteiger charge is 2.33. The van der Waals surface area contributed by atoms with E-state index in [1.165, 1.54) is 12.8 Å². The summed E-state index contributed by atoms with van der Waals surface area (Å²) in [6, 6.07) is 3.66. The van der Waals surface area contributed by atoms with Crippen LogP contribution in [0.5, 0.6) is 0 Å². The molecule has 0 radical (unpaired) electrons. The number of amides is 1. The normalized spacial score (nSPS) is 21.4. The summed E-state index contributed by atoms with van der Waals surface area (Å²) in [5.41, 5.74) is 0.646. The number of piperidine rings is 1. The Labute approximate surface area is 135 Å². The number of aromatic nitrogens is 4. The first-order valence-corrected chi connectivity index (χ1v) is 8.41. The molecule has 1 aliphatic carbocycles. The number of hydrogen-bond donors (Lipinski definition) is 0. The van der Waals surface area contributed by atoms with Crippen molar-refractivity contribution in [2.24, 2.45) is 5.92 Å². The topological polar surface area (TPSA) is 63.9 Å². The molecule has 1 unspecified atom stereocenters. The summed E-state index contributed by atoms with van der Waals surface area (Å²) in [7, 11) is 0. The molecule has 1 amide bonds. The van der Waals surface area contributed by atoms with Crippen LogP contribution in [0.3, 0.4) is 0 Å². The Bertz CT molecular complexity index is 679. The molecule has 6 heteroatoms. The fourth-order valence-electron chi connectivity index (χ4n) is 3.34. The van der Waals surface area contributed by atoms with E-state index in [-0.39, 0.29) is 11.9 Å². The molecule has 0 bridgehead atoms.